The predicted molar refractivity (Wildman–Crippen MR) is 78.0 cm³/mol. The van der Waals surface area contributed by atoms with Crippen molar-refractivity contribution in [1.82, 2.24) is 15.1 Å². The summed E-state index contributed by atoms with van der Waals surface area (Å²) >= 11 is 0. The molecule has 0 aliphatic rings. The average Bonchev–Trinajstić information content (AvgIpc) is 2.85. The molecular weight excluding hydrogens is 270 g/mol. The van der Waals surface area contributed by atoms with Gasteiger partial charge in [0.05, 0.1) is 18.9 Å². The van der Waals surface area contributed by atoms with Gasteiger partial charge < -0.3 is 15.2 Å². The number of rotatable bonds is 8. The van der Waals surface area contributed by atoms with Gasteiger partial charge in [-0.05, 0) is 11.6 Å². The number of aromatic carboxylic acids is 1. The zero-order valence-corrected chi connectivity index (χ0v) is 12.0. The molecule has 1 aromatic heterocycles. The molecule has 2 N–H and O–H groups in total. The molecule has 0 radical (unpaired) electrons. The van der Waals surface area contributed by atoms with Crippen molar-refractivity contribution < 1.29 is 14.6 Å². The zero-order chi connectivity index (χ0) is 15.1. The lowest BCUT2D eigenvalue weighted by Crippen LogP contribution is -2.20. The number of nitrogens with zero attached hydrogens (tertiary/aromatic N) is 2. The molecular formula is C15H19N3O3. The smallest absolute Gasteiger partial charge is 0.356 e. The fourth-order valence-corrected chi connectivity index (χ4v) is 1.90. The van der Waals surface area contributed by atoms with Crippen molar-refractivity contribution in [3.05, 3.63) is 53.3 Å². The Bertz CT molecular complexity index is 581. The molecule has 0 saturated heterocycles. The Kier molecular flexibility index (Phi) is 5.48. The van der Waals surface area contributed by atoms with Crippen LogP contribution in [0.1, 0.15) is 21.7 Å². The Balaban J connectivity index is 1.65. The van der Waals surface area contributed by atoms with Crippen LogP contribution in [0.3, 0.4) is 0 Å². The summed E-state index contributed by atoms with van der Waals surface area (Å²) in [4.78, 5) is 10.8. The standard InChI is InChI=1S/C15H19N3O3/c1-18-13(9-14(17-18)15(19)20)10-16-7-8-21-11-12-5-3-2-4-6-12/h2-6,9,16H,7-8,10-11H2,1H3,(H,19,20). The van der Waals surface area contributed by atoms with Crippen molar-refractivity contribution in [1.29, 1.82) is 0 Å². The highest BCUT2D eigenvalue weighted by molar-refractivity contribution is 5.85. The molecule has 0 fully saturated rings. The largest absolute Gasteiger partial charge is 0.476 e. The molecule has 0 saturated carbocycles. The normalized spacial score (nSPS) is 10.7. The SMILES string of the molecule is Cn1nc(C(=O)O)cc1CNCCOCc1ccccc1. The Morgan fingerprint density at radius 2 is 2.14 bits per heavy atom. The molecule has 2 aromatic rings. The number of aryl methyl sites for hydroxylation is 1. The van der Waals surface area contributed by atoms with Crippen molar-refractivity contribution in [2.24, 2.45) is 7.05 Å². The first kappa shape index (κ1) is 15.2. The predicted octanol–water partition coefficient (Wildman–Crippen LogP) is 1.42. The van der Waals surface area contributed by atoms with E-state index in [0.717, 1.165) is 11.3 Å². The van der Waals surface area contributed by atoms with E-state index in [2.05, 4.69) is 10.4 Å². The van der Waals surface area contributed by atoms with Crippen LogP contribution in [-0.2, 0) is 24.9 Å². The first-order valence-electron chi connectivity index (χ1n) is 6.75. The van der Waals surface area contributed by atoms with Gasteiger partial charge in [-0.15, -0.1) is 0 Å². The van der Waals surface area contributed by atoms with Crippen molar-refractivity contribution in [2.75, 3.05) is 13.2 Å². The first-order valence-corrected chi connectivity index (χ1v) is 6.75. The maximum absolute atomic E-state index is 10.8. The van der Waals surface area contributed by atoms with Gasteiger partial charge in [0.2, 0.25) is 0 Å². The number of aromatic nitrogens is 2. The number of benzene rings is 1. The Hall–Kier alpha value is -2.18. The second-order valence-corrected chi connectivity index (χ2v) is 4.66. The maximum atomic E-state index is 10.8. The van der Waals surface area contributed by atoms with E-state index < -0.39 is 5.97 Å². The minimum Gasteiger partial charge on any atom is -0.476 e. The van der Waals surface area contributed by atoms with Gasteiger partial charge in [0.1, 0.15) is 0 Å². The van der Waals surface area contributed by atoms with Crippen LogP contribution in [0, 0.1) is 0 Å². The van der Waals surface area contributed by atoms with Crippen molar-refractivity contribution >= 4 is 5.97 Å². The number of ether oxygens (including phenoxy) is 1. The van der Waals surface area contributed by atoms with E-state index in [-0.39, 0.29) is 5.69 Å². The van der Waals surface area contributed by atoms with Crippen molar-refractivity contribution in [2.45, 2.75) is 13.2 Å². The van der Waals surface area contributed by atoms with Gasteiger partial charge in [0.25, 0.3) is 0 Å². The summed E-state index contributed by atoms with van der Waals surface area (Å²) in [7, 11) is 1.73. The Labute approximate surface area is 123 Å². The third kappa shape index (κ3) is 4.70. The molecule has 0 bridgehead atoms. The third-order valence-corrected chi connectivity index (χ3v) is 3.04. The lowest BCUT2D eigenvalue weighted by molar-refractivity contribution is 0.0689. The summed E-state index contributed by atoms with van der Waals surface area (Å²) in [6.07, 6.45) is 0. The molecule has 21 heavy (non-hydrogen) atoms. The highest BCUT2D eigenvalue weighted by atomic mass is 16.5. The van der Waals surface area contributed by atoms with Gasteiger partial charge in [-0.25, -0.2) is 4.79 Å². The van der Waals surface area contributed by atoms with Gasteiger partial charge in [0, 0.05) is 20.1 Å². The van der Waals surface area contributed by atoms with E-state index >= 15 is 0 Å². The van der Waals surface area contributed by atoms with Crippen molar-refractivity contribution in [3.63, 3.8) is 0 Å². The summed E-state index contributed by atoms with van der Waals surface area (Å²) in [5.74, 6) is -1.01. The van der Waals surface area contributed by atoms with Crippen molar-refractivity contribution in [3.8, 4) is 0 Å². The topological polar surface area (TPSA) is 76.4 Å². The van der Waals surface area contributed by atoms with Gasteiger partial charge in [0.15, 0.2) is 5.69 Å². The lowest BCUT2D eigenvalue weighted by atomic mass is 10.2. The van der Waals surface area contributed by atoms with Gasteiger partial charge in [-0.1, -0.05) is 30.3 Å². The monoisotopic (exact) mass is 289 g/mol. The molecule has 2 rings (SSSR count). The first-order chi connectivity index (χ1) is 10.2. The number of carbonyl (C=O) groups is 1. The van der Waals surface area contributed by atoms with E-state index in [9.17, 15) is 4.79 Å². The molecule has 112 valence electrons. The minimum absolute atomic E-state index is 0.0645. The molecule has 0 aliphatic carbocycles. The molecule has 6 heteroatoms. The van der Waals surface area contributed by atoms with Gasteiger partial charge >= 0.3 is 5.97 Å². The van der Waals surface area contributed by atoms with Crippen LogP contribution in [0.4, 0.5) is 0 Å². The summed E-state index contributed by atoms with van der Waals surface area (Å²) < 4.78 is 7.12. The quantitative estimate of drug-likeness (QED) is 0.719. The van der Waals surface area contributed by atoms with Crippen LogP contribution >= 0.6 is 0 Å². The number of carboxylic acid groups (broad SMARTS) is 1. The van der Waals surface area contributed by atoms with E-state index in [1.807, 2.05) is 30.3 Å². The van der Waals surface area contributed by atoms with Gasteiger partial charge in [-0.2, -0.15) is 5.10 Å². The lowest BCUT2D eigenvalue weighted by Gasteiger charge is -2.06. The highest BCUT2D eigenvalue weighted by Crippen LogP contribution is 2.03. The van der Waals surface area contributed by atoms with Crippen LogP contribution in [0.2, 0.25) is 0 Å². The van der Waals surface area contributed by atoms with E-state index in [1.54, 1.807) is 17.8 Å². The molecule has 6 nitrogen and oxygen atoms in total. The Morgan fingerprint density at radius 1 is 1.38 bits per heavy atom. The maximum Gasteiger partial charge on any atom is 0.356 e. The molecule has 1 heterocycles. The van der Waals surface area contributed by atoms with E-state index in [1.165, 1.54) is 0 Å². The fourth-order valence-electron chi connectivity index (χ4n) is 1.90. The molecule has 1 aromatic carbocycles. The Morgan fingerprint density at radius 3 is 2.81 bits per heavy atom. The minimum atomic E-state index is -1.01. The van der Waals surface area contributed by atoms with Crippen LogP contribution < -0.4 is 5.32 Å². The van der Waals surface area contributed by atoms with Crippen LogP contribution in [0.15, 0.2) is 36.4 Å². The summed E-state index contributed by atoms with van der Waals surface area (Å²) in [5.41, 5.74) is 2.04. The molecule has 0 spiro atoms. The summed E-state index contributed by atoms with van der Waals surface area (Å²) in [6.45, 7) is 2.45. The summed E-state index contributed by atoms with van der Waals surface area (Å²) in [6, 6.07) is 11.6. The second-order valence-electron chi connectivity index (χ2n) is 4.66. The average molecular weight is 289 g/mol. The molecule has 0 amide bonds. The number of hydrogen-bond donors (Lipinski definition) is 2. The van der Waals surface area contributed by atoms with Crippen LogP contribution in [0.5, 0.6) is 0 Å². The second kappa shape index (κ2) is 7.56. The number of carboxylic acids is 1. The van der Waals surface area contributed by atoms with E-state index in [0.29, 0.717) is 26.3 Å². The highest BCUT2D eigenvalue weighted by Gasteiger charge is 2.10. The number of hydrogen-bond acceptors (Lipinski definition) is 4. The zero-order valence-electron chi connectivity index (χ0n) is 12.0. The van der Waals surface area contributed by atoms with Crippen LogP contribution in [0.25, 0.3) is 0 Å². The molecule has 0 unspecified atom stereocenters. The fraction of sp³-hybridized carbons (Fsp3) is 0.333. The van der Waals surface area contributed by atoms with E-state index in [4.69, 9.17) is 9.84 Å². The number of nitrogens with one attached hydrogen (secondary N) is 1. The summed E-state index contributed by atoms with van der Waals surface area (Å²) in [5, 5.41) is 16.0. The third-order valence-electron chi connectivity index (χ3n) is 3.04. The van der Waals surface area contributed by atoms with Crippen LogP contribution in [-0.4, -0.2) is 34.0 Å². The van der Waals surface area contributed by atoms with Gasteiger partial charge in [-0.3, -0.25) is 4.68 Å². The molecule has 0 atom stereocenters. The molecule has 0 aliphatic heterocycles.